The predicted molar refractivity (Wildman–Crippen MR) is 141 cm³/mol. The molecule has 3 heterocycles. The van der Waals surface area contributed by atoms with Crippen LogP contribution in [0.4, 0.5) is 0 Å². The molecule has 1 N–H and O–H groups in total. The van der Waals surface area contributed by atoms with E-state index in [1.807, 2.05) is 50.2 Å². The van der Waals surface area contributed by atoms with Crippen LogP contribution in [-0.4, -0.2) is 36.7 Å². The van der Waals surface area contributed by atoms with Crippen LogP contribution in [0.3, 0.4) is 0 Å². The molecule has 0 fully saturated rings. The standard InChI is InChI=1S/C28H30N6O3/c1-3-8-23-31-25(37-32-23)17-33-18-30-26-21-15-19(2)12-13-22(21)34(27(26)28(33)36)16-24(35)29-14-7-11-20-9-5-4-6-10-20/h4-6,9-10,12-13,15,18H,3,7-8,11,14,16-17H2,1-2H3,(H,29,35). The summed E-state index contributed by atoms with van der Waals surface area (Å²) in [4.78, 5) is 35.5. The third-order valence-electron chi connectivity index (χ3n) is 6.38. The zero-order chi connectivity index (χ0) is 25.8. The molecular formula is C28H30N6O3. The van der Waals surface area contributed by atoms with E-state index in [4.69, 9.17) is 4.52 Å². The number of benzene rings is 2. The second-order valence-electron chi connectivity index (χ2n) is 9.28. The molecular weight excluding hydrogens is 468 g/mol. The Morgan fingerprint density at radius 1 is 1.11 bits per heavy atom. The number of carbonyl (C=O) groups excluding carboxylic acids is 1. The molecule has 0 atom stereocenters. The van der Waals surface area contributed by atoms with Crippen molar-refractivity contribution < 1.29 is 9.32 Å². The molecule has 5 rings (SSSR count). The number of rotatable bonds is 10. The molecule has 9 heteroatoms. The molecule has 9 nitrogen and oxygen atoms in total. The summed E-state index contributed by atoms with van der Waals surface area (Å²) >= 11 is 0. The lowest BCUT2D eigenvalue weighted by molar-refractivity contribution is -0.121. The normalized spacial score (nSPS) is 11.4. The fourth-order valence-electron chi connectivity index (χ4n) is 4.58. The first-order chi connectivity index (χ1) is 18.0. The van der Waals surface area contributed by atoms with Crippen LogP contribution in [0.1, 0.15) is 42.6 Å². The predicted octanol–water partition coefficient (Wildman–Crippen LogP) is 3.79. The van der Waals surface area contributed by atoms with E-state index < -0.39 is 0 Å². The van der Waals surface area contributed by atoms with Crippen LogP contribution in [0.15, 0.2) is 64.2 Å². The maximum absolute atomic E-state index is 13.6. The van der Waals surface area contributed by atoms with Crippen molar-refractivity contribution in [2.24, 2.45) is 0 Å². The summed E-state index contributed by atoms with van der Waals surface area (Å²) in [6.07, 6.45) is 4.84. The van der Waals surface area contributed by atoms with Gasteiger partial charge in [0.1, 0.15) is 24.1 Å². The first kappa shape index (κ1) is 24.4. The van der Waals surface area contributed by atoms with Gasteiger partial charge in [-0.25, -0.2) is 4.98 Å². The minimum Gasteiger partial charge on any atom is -0.355 e. The van der Waals surface area contributed by atoms with Crippen LogP contribution in [0, 0.1) is 6.92 Å². The van der Waals surface area contributed by atoms with Gasteiger partial charge in [0.05, 0.1) is 11.8 Å². The monoisotopic (exact) mass is 498 g/mol. The van der Waals surface area contributed by atoms with Crippen molar-refractivity contribution in [3.63, 3.8) is 0 Å². The topological polar surface area (TPSA) is 108 Å². The summed E-state index contributed by atoms with van der Waals surface area (Å²) in [6.45, 7) is 4.73. The van der Waals surface area contributed by atoms with E-state index in [9.17, 15) is 9.59 Å². The Labute approximate surface area is 214 Å². The Bertz CT molecular complexity index is 1600. The Morgan fingerprint density at radius 2 is 1.95 bits per heavy atom. The van der Waals surface area contributed by atoms with E-state index in [1.165, 1.54) is 16.5 Å². The number of hydrogen-bond acceptors (Lipinski definition) is 6. The first-order valence-electron chi connectivity index (χ1n) is 12.6. The van der Waals surface area contributed by atoms with Gasteiger partial charge in [-0.1, -0.05) is 54.0 Å². The molecule has 5 aromatic rings. The van der Waals surface area contributed by atoms with Crippen molar-refractivity contribution in [3.05, 3.63) is 88.1 Å². The summed E-state index contributed by atoms with van der Waals surface area (Å²) in [7, 11) is 0. The molecule has 0 spiro atoms. The fraction of sp³-hybridized carbons (Fsp3) is 0.321. The van der Waals surface area contributed by atoms with E-state index in [0.29, 0.717) is 35.7 Å². The Kier molecular flexibility index (Phi) is 7.11. The molecule has 0 bridgehead atoms. The van der Waals surface area contributed by atoms with Gasteiger partial charge in [0.15, 0.2) is 5.82 Å². The summed E-state index contributed by atoms with van der Waals surface area (Å²) in [6, 6.07) is 16.1. The smallest absolute Gasteiger partial charge is 0.278 e. The van der Waals surface area contributed by atoms with Crippen molar-refractivity contribution in [2.75, 3.05) is 6.54 Å². The second kappa shape index (κ2) is 10.8. The third-order valence-corrected chi connectivity index (χ3v) is 6.38. The molecule has 2 aromatic carbocycles. The van der Waals surface area contributed by atoms with E-state index in [0.717, 1.165) is 35.7 Å². The summed E-state index contributed by atoms with van der Waals surface area (Å²) < 4.78 is 8.54. The van der Waals surface area contributed by atoms with Gasteiger partial charge in [0.2, 0.25) is 11.8 Å². The quantitative estimate of drug-likeness (QED) is 0.294. The molecule has 0 aliphatic heterocycles. The lowest BCUT2D eigenvalue weighted by atomic mass is 10.1. The van der Waals surface area contributed by atoms with Gasteiger partial charge in [-0.05, 0) is 43.9 Å². The highest BCUT2D eigenvalue weighted by Crippen LogP contribution is 2.26. The molecule has 0 unspecified atom stereocenters. The Balaban J connectivity index is 1.41. The van der Waals surface area contributed by atoms with Gasteiger partial charge >= 0.3 is 0 Å². The van der Waals surface area contributed by atoms with Crippen LogP contribution in [0.5, 0.6) is 0 Å². The number of fused-ring (bicyclic) bond motifs is 3. The van der Waals surface area contributed by atoms with E-state index in [1.54, 1.807) is 4.57 Å². The van der Waals surface area contributed by atoms with Gasteiger partial charge in [0, 0.05) is 18.4 Å². The average Bonchev–Trinajstić information content (AvgIpc) is 3.46. The molecule has 0 saturated carbocycles. The SMILES string of the molecule is CCCc1noc(Cn2cnc3c4cc(C)ccc4n(CC(=O)NCCCc4ccccc4)c3c2=O)n1. The zero-order valence-electron chi connectivity index (χ0n) is 21.1. The Morgan fingerprint density at radius 3 is 2.76 bits per heavy atom. The molecule has 1 amide bonds. The van der Waals surface area contributed by atoms with Crippen molar-refractivity contribution in [1.29, 1.82) is 0 Å². The molecule has 3 aromatic heterocycles. The summed E-state index contributed by atoms with van der Waals surface area (Å²) in [5, 5.41) is 7.81. The lowest BCUT2D eigenvalue weighted by Crippen LogP contribution is -2.30. The number of hydrogen-bond donors (Lipinski definition) is 1. The highest BCUT2D eigenvalue weighted by atomic mass is 16.5. The maximum atomic E-state index is 13.6. The summed E-state index contributed by atoms with van der Waals surface area (Å²) in [5.41, 5.74) is 3.79. The molecule has 0 saturated heterocycles. The van der Waals surface area contributed by atoms with Gasteiger partial charge in [0.25, 0.3) is 5.56 Å². The average molecular weight is 499 g/mol. The minimum absolute atomic E-state index is 0.0243. The van der Waals surface area contributed by atoms with Crippen LogP contribution >= 0.6 is 0 Å². The first-order valence-corrected chi connectivity index (χ1v) is 12.6. The van der Waals surface area contributed by atoms with E-state index >= 15 is 0 Å². The van der Waals surface area contributed by atoms with E-state index in [2.05, 4.69) is 32.6 Å². The number of aryl methyl sites for hydroxylation is 3. The lowest BCUT2D eigenvalue weighted by Gasteiger charge is -2.09. The largest absolute Gasteiger partial charge is 0.355 e. The fourth-order valence-corrected chi connectivity index (χ4v) is 4.58. The van der Waals surface area contributed by atoms with Crippen LogP contribution in [-0.2, 0) is 30.7 Å². The van der Waals surface area contributed by atoms with Crippen molar-refractivity contribution in [3.8, 4) is 0 Å². The van der Waals surface area contributed by atoms with Gasteiger partial charge < -0.3 is 14.4 Å². The number of nitrogens with zero attached hydrogens (tertiary/aromatic N) is 5. The molecule has 0 radical (unpaired) electrons. The van der Waals surface area contributed by atoms with Crippen LogP contribution in [0.2, 0.25) is 0 Å². The molecule has 190 valence electrons. The number of aromatic nitrogens is 5. The van der Waals surface area contributed by atoms with Gasteiger partial charge in [-0.3, -0.25) is 14.2 Å². The molecule has 0 aliphatic rings. The third kappa shape index (κ3) is 5.30. The number of amides is 1. The molecule has 37 heavy (non-hydrogen) atoms. The number of nitrogens with one attached hydrogen (secondary N) is 1. The second-order valence-corrected chi connectivity index (χ2v) is 9.28. The molecule has 0 aliphatic carbocycles. The van der Waals surface area contributed by atoms with Crippen molar-refractivity contribution in [2.45, 2.75) is 52.6 Å². The zero-order valence-corrected chi connectivity index (χ0v) is 21.1. The minimum atomic E-state index is -0.258. The summed E-state index contributed by atoms with van der Waals surface area (Å²) in [5.74, 6) is 0.817. The number of carbonyl (C=O) groups is 1. The maximum Gasteiger partial charge on any atom is 0.278 e. The highest BCUT2D eigenvalue weighted by Gasteiger charge is 2.19. The van der Waals surface area contributed by atoms with Gasteiger partial charge in [-0.2, -0.15) is 4.98 Å². The highest BCUT2D eigenvalue weighted by molar-refractivity contribution is 6.06. The van der Waals surface area contributed by atoms with Crippen LogP contribution < -0.4 is 10.9 Å². The Hall–Kier alpha value is -4.27. The van der Waals surface area contributed by atoms with Crippen LogP contribution in [0.25, 0.3) is 21.9 Å². The van der Waals surface area contributed by atoms with Crippen molar-refractivity contribution in [1.82, 2.24) is 29.6 Å². The van der Waals surface area contributed by atoms with Gasteiger partial charge in [-0.15, -0.1) is 0 Å². The van der Waals surface area contributed by atoms with Crippen molar-refractivity contribution >= 4 is 27.8 Å². The van der Waals surface area contributed by atoms with E-state index in [-0.39, 0.29) is 24.6 Å².